The molecule has 0 radical (unpaired) electrons. The predicted molar refractivity (Wildman–Crippen MR) is 81.0 cm³/mol. The molecule has 0 saturated carbocycles. The molecule has 0 N–H and O–H groups in total. The molecule has 0 saturated heterocycles. The van der Waals surface area contributed by atoms with Crippen LogP contribution < -0.4 is 0 Å². The van der Waals surface area contributed by atoms with Crippen molar-refractivity contribution in [3.05, 3.63) is 12.7 Å². The maximum Gasteiger partial charge on any atom is 0.192 e. The molecule has 1 atom stereocenters. The van der Waals surface area contributed by atoms with Gasteiger partial charge in [-0.3, -0.25) is 0 Å². The molecule has 1 nitrogen and oxygen atoms in total. The van der Waals surface area contributed by atoms with Crippen molar-refractivity contribution in [2.45, 2.75) is 84.0 Å². The van der Waals surface area contributed by atoms with Crippen molar-refractivity contribution >= 4 is 8.32 Å². The average molecular weight is 257 g/mol. The molecule has 0 spiro atoms. The third-order valence-corrected chi connectivity index (χ3v) is 8.42. The van der Waals surface area contributed by atoms with Crippen LogP contribution in [0.3, 0.4) is 0 Å². The van der Waals surface area contributed by atoms with Crippen LogP contribution in [0.15, 0.2) is 12.7 Å². The minimum absolute atomic E-state index is 0.324. The molecule has 17 heavy (non-hydrogen) atoms. The molecule has 0 fully saturated rings. The second kappa shape index (κ2) is 7.37. The smallest absolute Gasteiger partial charge is 0.192 e. The first-order valence-corrected chi connectivity index (χ1v) is 9.90. The van der Waals surface area contributed by atoms with Gasteiger partial charge in [0.25, 0.3) is 0 Å². The Morgan fingerprint density at radius 1 is 1.18 bits per heavy atom. The summed E-state index contributed by atoms with van der Waals surface area (Å²) in [5.41, 5.74) is 0. The van der Waals surface area contributed by atoms with E-state index >= 15 is 0 Å². The Kier molecular flexibility index (Phi) is 7.34. The van der Waals surface area contributed by atoms with Gasteiger partial charge in [0.2, 0.25) is 0 Å². The van der Waals surface area contributed by atoms with Gasteiger partial charge < -0.3 is 4.43 Å². The molecule has 0 aliphatic rings. The van der Waals surface area contributed by atoms with Gasteiger partial charge in [0, 0.05) is 6.10 Å². The van der Waals surface area contributed by atoms with Gasteiger partial charge in [-0.1, -0.05) is 39.7 Å². The Hall–Kier alpha value is -0.0831. The standard InChI is InChI=1S/C15H32OSi/c1-8-9-10-11-12-13-14(2)16-17(6,7)15(3,4)5/h8,14H,1,9-13H2,2-7H3/t14-/m1/s1. The van der Waals surface area contributed by atoms with E-state index < -0.39 is 8.32 Å². The van der Waals surface area contributed by atoms with E-state index in [9.17, 15) is 0 Å². The summed E-state index contributed by atoms with van der Waals surface area (Å²) in [5.74, 6) is 0. The van der Waals surface area contributed by atoms with E-state index in [1.807, 2.05) is 6.08 Å². The lowest BCUT2D eigenvalue weighted by molar-refractivity contribution is 0.185. The molecule has 0 heterocycles. The fraction of sp³-hybridized carbons (Fsp3) is 0.867. The largest absolute Gasteiger partial charge is 0.414 e. The number of allylic oxidation sites excluding steroid dienone is 1. The Labute approximate surface area is 110 Å². The molecule has 0 bridgehead atoms. The van der Waals surface area contributed by atoms with Gasteiger partial charge >= 0.3 is 0 Å². The zero-order chi connectivity index (χ0) is 13.5. The van der Waals surface area contributed by atoms with Crippen molar-refractivity contribution in [3.63, 3.8) is 0 Å². The van der Waals surface area contributed by atoms with Crippen LogP contribution in [-0.2, 0) is 4.43 Å². The van der Waals surface area contributed by atoms with E-state index in [2.05, 4.69) is 47.4 Å². The van der Waals surface area contributed by atoms with Gasteiger partial charge in [0.1, 0.15) is 0 Å². The zero-order valence-corrected chi connectivity index (χ0v) is 13.8. The van der Waals surface area contributed by atoms with Gasteiger partial charge in [0.15, 0.2) is 8.32 Å². The van der Waals surface area contributed by atoms with Crippen molar-refractivity contribution in [1.82, 2.24) is 0 Å². The summed E-state index contributed by atoms with van der Waals surface area (Å²) in [6.07, 6.45) is 8.63. The topological polar surface area (TPSA) is 9.23 Å². The van der Waals surface area contributed by atoms with Crippen LogP contribution in [-0.4, -0.2) is 14.4 Å². The van der Waals surface area contributed by atoms with Gasteiger partial charge in [0.05, 0.1) is 0 Å². The van der Waals surface area contributed by atoms with Crippen LogP contribution in [0, 0.1) is 0 Å². The van der Waals surface area contributed by atoms with Crippen LogP contribution in [0.5, 0.6) is 0 Å². The zero-order valence-electron chi connectivity index (χ0n) is 12.8. The first-order chi connectivity index (χ1) is 7.70. The summed E-state index contributed by atoms with van der Waals surface area (Å²) in [4.78, 5) is 0. The van der Waals surface area contributed by atoms with Crippen molar-refractivity contribution < 1.29 is 4.43 Å². The van der Waals surface area contributed by atoms with E-state index in [1.165, 1.54) is 25.7 Å². The molecule has 102 valence electrons. The van der Waals surface area contributed by atoms with Gasteiger partial charge in [-0.15, -0.1) is 6.58 Å². The minimum Gasteiger partial charge on any atom is -0.414 e. The van der Waals surface area contributed by atoms with Gasteiger partial charge in [-0.05, 0) is 44.3 Å². The van der Waals surface area contributed by atoms with Gasteiger partial charge in [-0.2, -0.15) is 0 Å². The summed E-state index contributed by atoms with van der Waals surface area (Å²) in [6.45, 7) is 17.6. The Morgan fingerprint density at radius 2 is 1.76 bits per heavy atom. The number of rotatable bonds is 8. The average Bonchev–Trinajstić information content (AvgIpc) is 2.14. The summed E-state index contributed by atoms with van der Waals surface area (Å²) < 4.78 is 6.33. The molecule has 0 aliphatic heterocycles. The van der Waals surface area contributed by atoms with Crippen molar-refractivity contribution in [1.29, 1.82) is 0 Å². The highest BCUT2D eigenvalue weighted by molar-refractivity contribution is 6.74. The summed E-state index contributed by atoms with van der Waals surface area (Å²) in [6, 6.07) is 0. The predicted octanol–water partition coefficient (Wildman–Crippen LogP) is 5.53. The summed E-state index contributed by atoms with van der Waals surface area (Å²) >= 11 is 0. The number of hydrogen-bond acceptors (Lipinski definition) is 1. The van der Waals surface area contributed by atoms with E-state index in [-0.39, 0.29) is 0 Å². The lowest BCUT2D eigenvalue weighted by Gasteiger charge is -2.38. The first kappa shape index (κ1) is 16.9. The van der Waals surface area contributed by atoms with E-state index in [4.69, 9.17) is 4.43 Å². The van der Waals surface area contributed by atoms with Crippen LogP contribution in [0.25, 0.3) is 0 Å². The second-order valence-corrected chi connectivity index (χ2v) is 11.4. The fourth-order valence-electron chi connectivity index (χ4n) is 1.64. The molecular formula is C15H32OSi. The van der Waals surface area contributed by atoms with Crippen molar-refractivity contribution in [2.75, 3.05) is 0 Å². The highest BCUT2D eigenvalue weighted by Gasteiger charge is 2.38. The summed E-state index contributed by atoms with van der Waals surface area (Å²) in [7, 11) is -1.56. The molecular weight excluding hydrogens is 224 g/mol. The molecule has 0 aliphatic carbocycles. The third kappa shape index (κ3) is 7.05. The molecule has 0 unspecified atom stereocenters. The van der Waals surface area contributed by atoms with Gasteiger partial charge in [-0.25, -0.2) is 0 Å². The minimum atomic E-state index is -1.56. The van der Waals surface area contributed by atoms with Crippen LogP contribution >= 0.6 is 0 Å². The van der Waals surface area contributed by atoms with Crippen molar-refractivity contribution in [2.24, 2.45) is 0 Å². The molecule has 0 aromatic heterocycles. The fourth-order valence-corrected chi connectivity index (χ4v) is 3.11. The molecule has 0 amide bonds. The van der Waals surface area contributed by atoms with Crippen molar-refractivity contribution in [3.8, 4) is 0 Å². The maximum absolute atomic E-state index is 6.33. The van der Waals surface area contributed by atoms with E-state index in [0.717, 1.165) is 6.42 Å². The monoisotopic (exact) mass is 256 g/mol. The number of unbranched alkanes of at least 4 members (excludes halogenated alkanes) is 3. The molecule has 2 heteroatoms. The van der Waals surface area contributed by atoms with Crippen LogP contribution in [0.1, 0.15) is 59.8 Å². The lowest BCUT2D eigenvalue weighted by Crippen LogP contribution is -2.43. The van der Waals surface area contributed by atoms with E-state index in [1.54, 1.807) is 0 Å². The molecule has 0 aromatic carbocycles. The highest BCUT2D eigenvalue weighted by Crippen LogP contribution is 2.37. The normalized spacial score (nSPS) is 14.7. The molecule has 0 aromatic rings. The maximum atomic E-state index is 6.33. The Bertz CT molecular complexity index is 215. The quantitative estimate of drug-likeness (QED) is 0.315. The van der Waals surface area contributed by atoms with Crippen LogP contribution in [0.4, 0.5) is 0 Å². The molecule has 0 rings (SSSR count). The Morgan fingerprint density at radius 3 is 2.24 bits per heavy atom. The summed E-state index contributed by atoms with van der Waals surface area (Å²) in [5, 5.41) is 0.324. The second-order valence-electron chi connectivity index (χ2n) is 6.62. The van der Waals surface area contributed by atoms with Crippen LogP contribution in [0.2, 0.25) is 18.1 Å². The number of hydrogen-bond donors (Lipinski definition) is 0. The SMILES string of the molecule is C=CCCCCC[C@@H](C)O[Si](C)(C)C(C)(C)C. The Balaban J connectivity index is 3.85. The first-order valence-electron chi connectivity index (χ1n) is 6.99. The lowest BCUT2D eigenvalue weighted by atomic mass is 10.1. The highest BCUT2D eigenvalue weighted by atomic mass is 28.4. The van der Waals surface area contributed by atoms with E-state index in [0.29, 0.717) is 11.1 Å². The third-order valence-electron chi connectivity index (χ3n) is 3.82.